The van der Waals surface area contributed by atoms with Crippen LogP contribution in [0.3, 0.4) is 0 Å². The number of aliphatic hydroxyl groups excluding tert-OH is 1. The second kappa shape index (κ2) is 22.5. The lowest BCUT2D eigenvalue weighted by Gasteiger charge is -2.27. The monoisotopic (exact) mass is 536 g/mol. The molecule has 1 amide bonds. The van der Waals surface area contributed by atoms with Gasteiger partial charge in [0.1, 0.15) is 13.2 Å². The zero-order valence-corrected chi connectivity index (χ0v) is 24.7. The topological polar surface area (TPSA) is 108 Å². The van der Waals surface area contributed by atoms with Crippen LogP contribution in [0.25, 0.3) is 0 Å². The summed E-state index contributed by atoms with van der Waals surface area (Å²) >= 11 is 0. The summed E-state index contributed by atoms with van der Waals surface area (Å²) in [5, 5.41) is 12.7. The van der Waals surface area contributed by atoms with Gasteiger partial charge >= 0.3 is 0 Å². The fourth-order valence-electron chi connectivity index (χ4n) is 3.89. The maximum atomic E-state index is 11.9. The van der Waals surface area contributed by atoms with E-state index >= 15 is 0 Å². The van der Waals surface area contributed by atoms with Gasteiger partial charge in [0.25, 0.3) is 7.82 Å². The third kappa shape index (κ3) is 26.6. The van der Waals surface area contributed by atoms with E-state index < -0.39 is 20.5 Å². The molecule has 0 aliphatic carbocycles. The molecule has 9 heteroatoms. The highest BCUT2D eigenvalue weighted by Crippen LogP contribution is 2.38. The van der Waals surface area contributed by atoms with Gasteiger partial charge in [-0.1, -0.05) is 103 Å². The van der Waals surface area contributed by atoms with Gasteiger partial charge < -0.3 is 28.8 Å². The number of carbonyl (C=O) groups excluding carboxylic acids is 1. The van der Waals surface area contributed by atoms with Crippen LogP contribution in [0.1, 0.15) is 116 Å². The number of nitrogens with zero attached hydrogens (tertiary/aromatic N) is 1. The van der Waals surface area contributed by atoms with E-state index in [0.29, 0.717) is 17.6 Å². The summed E-state index contributed by atoms with van der Waals surface area (Å²) in [6.45, 7) is 2.84. The molecule has 0 aliphatic rings. The normalized spacial score (nSPS) is 14.5. The van der Waals surface area contributed by atoms with E-state index in [1.165, 1.54) is 89.9 Å². The van der Waals surface area contributed by atoms with E-state index in [2.05, 4.69) is 16.8 Å². The lowest BCUT2D eigenvalue weighted by molar-refractivity contribution is -0.870. The van der Waals surface area contributed by atoms with E-state index in [1.54, 1.807) is 0 Å². The molecule has 216 valence electrons. The van der Waals surface area contributed by atoms with Gasteiger partial charge in [0.05, 0.1) is 40.3 Å². The second-order valence-electron chi connectivity index (χ2n) is 11.1. The zero-order chi connectivity index (χ0) is 27.1. The molecule has 0 saturated heterocycles. The molecule has 0 saturated carbocycles. The molecule has 0 spiro atoms. The minimum Gasteiger partial charge on any atom is -0.756 e. The molecule has 0 radical (unpaired) electrons. The summed E-state index contributed by atoms with van der Waals surface area (Å²) in [7, 11) is 1.27. The Kier molecular flexibility index (Phi) is 22.2. The van der Waals surface area contributed by atoms with E-state index in [0.717, 1.165) is 12.8 Å². The largest absolute Gasteiger partial charge is 0.756 e. The highest BCUT2D eigenvalue weighted by molar-refractivity contribution is 7.45. The third-order valence-corrected chi connectivity index (χ3v) is 7.17. The molecule has 2 atom stereocenters. The smallest absolute Gasteiger partial charge is 0.268 e. The van der Waals surface area contributed by atoms with Crippen molar-refractivity contribution in [3.05, 3.63) is 0 Å². The molecule has 0 aromatic carbocycles. The van der Waals surface area contributed by atoms with Gasteiger partial charge in [-0.2, -0.15) is 0 Å². The highest BCUT2D eigenvalue weighted by Gasteiger charge is 2.17. The number of hydrogen-bond donors (Lipinski definition) is 2. The number of phosphoric acid groups is 1. The predicted molar refractivity (Wildman–Crippen MR) is 146 cm³/mol. The zero-order valence-electron chi connectivity index (χ0n) is 23.8. The van der Waals surface area contributed by atoms with Crippen molar-refractivity contribution < 1.29 is 32.9 Å². The Morgan fingerprint density at radius 3 is 1.72 bits per heavy atom. The number of amides is 1. The average molecular weight is 537 g/mol. The molecule has 0 rings (SSSR count). The predicted octanol–water partition coefficient (Wildman–Crippen LogP) is 5.32. The highest BCUT2D eigenvalue weighted by atomic mass is 31.2. The van der Waals surface area contributed by atoms with Crippen LogP contribution >= 0.6 is 7.82 Å². The number of quaternary nitrogens is 1. The van der Waals surface area contributed by atoms with Crippen LogP contribution in [0, 0.1) is 0 Å². The van der Waals surface area contributed by atoms with Crippen LogP contribution < -0.4 is 10.2 Å². The van der Waals surface area contributed by atoms with Crippen LogP contribution in [0.2, 0.25) is 0 Å². The number of carbonyl (C=O) groups is 1. The van der Waals surface area contributed by atoms with Gasteiger partial charge in [-0.15, -0.1) is 0 Å². The van der Waals surface area contributed by atoms with Crippen molar-refractivity contribution in [1.82, 2.24) is 5.32 Å². The Morgan fingerprint density at radius 1 is 0.833 bits per heavy atom. The molecule has 0 bridgehead atoms. The summed E-state index contributed by atoms with van der Waals surface area (Å²) in [6, 6.07) is 0. The average Bonchev–Trinajstić information content (AvgIpc) is 2.79. The van der Waals surface area contributed by atoms with Gasteiger partial charge in [0.2, 0.25) is 5.91 Å². The Morgan fingerprint density at radius 2 is 1.28 bits per heavy atom. The molecule has 2 unspecified atom stereocenters. The van der Waals surface area contributed by atoms with Crippen molar-refractivity contribution in [1.29, 1.82) is 0 Å². The number of likely N-dealkylation sites (N-methyl/N-ethyl adjacent to an activating group) is 1. The molecule has 2 N–H and O–H groups in total. The lowest BCUT2D eigenvalue weighted by atomic mass is 10.0. The quantitative estimate of drug-likeness (QED) is 0.0880. The lowest BCUT2D eigenvalue weighted by Crippen LogP contribution is -2.37. The van der Waals surface area contributed by atoms with Crippen LogP contribution in [0.5, 0.6) is 0 Å². The first-order chi connectivity index (χ1) is 17.1. The minimum absolute atomic E-state index is 0.000166. The molecule has 0 aromatic rings. The molecular weight excluding hydrogens is 479 g/mol. The maximum Gasteiger partial charge on any atom is 0.268 e. The van der Waals surface area contributed by atoms with Gasteiger partial charge in [0, 0.05) is 6.54 Å². The standard InChI is InChI=1S/C27H57N2O6P/c1-5-6-7-8-9-10-11-12-13-14-15-16-17-18-19-20-21-28-27(31)24-26(30)25-35-36(32,33)34-23-22-29(2,3)4/h26,30H,5-25H2,1-4H3,(H-,28,31,32,33). The van der Waals surface area contributed by atoms with Crippen molar-refractivity contribution in [3.63, 3.8) is 0 Å². The molecule has 0 aliphatic heterocycles. The van der Waals surface area contributed by atoms with Crippen LogP contribution in [0.4, 0.5) is 0 Å². The first-order valence-electron chi connectivity index (χ1n) is 14.4. The number of aliphatic hydroxyl groups is 1. The second-order valence-corrected chi connectivity index (χ2v) is 12.5. The van der Waals surface area contributed by atoms with Gasteiger partial charge in [0.15, 0.2) is 0 Å². The fraction of sp³-hybridized carbons (Fsp3) is 0.963. The van der Waals surface area contributed by atoms with Crippen molar-refractivity contribution in [2.75, 3.05) is 47.4 Å². The molecular formula is C27H57N2O6P. The molecule has 8 nitrogen and oxygen atoms in total. The Labute approximate surface area is 221 Å². The van der Waals surface area contributed by atoms with E-state index in [1.807, 2.05) is 21.1 Å². The fourth-order valence-corrected chi connectivity index (χ4v) is 4.62. The van der Waals surface area contributed by atoms with Crippen molar-refractivity contribution >= 4 is 13.7 Å². The van der Waals surface area contributed by atoms with Gasteiger partial charge in [-0.3, -0.25) is 9.36 Å². The van der Waals surface area contributed by atoms with E-state index in [-0.39, 0.29) is 18.9 Å². The van der Waals surface area contributed by atoms with Crippen LogP contribution in [0.15, 0.2) is 0 Å². The Hall–Kier alpha value is -0.500. The van der Waals surface area contributed by atoms with Crippen molar-refractivity contribution in [2.45, 2.75) is 122 Å². The van der Waals surface area contributed by atoms with Crippen LogP contribution in [-0.2, 0) is 18.4 Å². The first-order valence-corrected chi connectivity index (χ1v) is 15.9. The first kappa shape index (κ1) is 35.5. The van der Waals surface area contributed by atoms with Gasteiger partial charge in [-0.25, -0.2) is 0 Å². The summed E-state index contributed by atoms with van der Waals surface area (Å²) < 4.78 is 21.7. The number of nitrogens with one attached hydrogen (secondary N) is 1. The van der Waals surface area contributed by atoms with Crippen molar-refractivity contribution in [3.8, 4) is 0 Å². The number of phosphoric ester groups is 1. The van der Waals surface area contributed by atoms with Crippen molar-refractivity contribution in [2.24, 2.45) is 0 Å². The van der Waals surface area contributed by atoms with Gasteiger partial charge in [-0.05, 0) is 6.42 Å². The number of rotatable bonds is 26. The molecule has 36 heavy (non-hydrogen) atoms. The summed E-state index contributed by atoms with van der Waals surface area (Å²) in [5.74, 6) is -0.307. The SMILES string of the molecule is CCCCCCCCCCCCCCCCCCNC(=O)CC(O)COP(=O)([O-])OCC[N+](C)(C)C. The summed E-state index contributed by atoms with van der Waals surface area (Å²) in [5.41, 5.74) is 0. The minimum atomic E-state index is -4.48. The van der Waals surface area contributed by atoms with Crippen LogP contribution in [-0.4, -0.2) is 69.0 Å². The Balaban J connectivity index is 3.50. The molecule has 0 aromatic heterocycles. The summed E-state index contributed by atoms with van der Waals surface area (Å²) in [6.07, 6.45) is 19.5. The number of unbranched alkanes of at least 4 members (excludes halogenated alkanes) is 15. The summed E-state index contributed by atoms with van der Waals surface area (Å²) in [4.78, 5) is 23.6. The Bertz CT molecular complexity index is 571. The molecule has 0 heterocycles. The number of hydrogen-bond acceptors (Lipinski definition) is 6. The van der Waals surface area contributed by atoms with E-state index in [9.17, 15) is 19.4 Å². The molecule has 0 fully saturated rings. The third-order valence-electron chi connectivity index (χ3n) is 6.21. The van der Waals surface area contributed by atoms with E-state index in [4.69, 9.17) is 4.52 Å². The maximum absolute atomic E-state index is 11.9.